The van der Waals surface area contributed by atoms with E-state index in [4.69, 9.17) is 0 Å². The van der Waals surface area contributed by atoms with Crippen LogP contribution in [0.2, 0.25) is 0 Å². The number of benzene rings is 2. The topological polar surface area (TPSA) is 58.2 Å². The van der Waals surface area contributed by atoms with Crippen LogP contribution in [0.15, 0.2) is 53.4 Å². The summed E-state index contributed by atoms with van der Waals surface area (Å²) in [5.41, 5.74) is 1.22. The first-order valence-corrected chi connectivity index (χ1v) is 7.97. The minimum atomic E-state index is -3.67. The molecule has 21 heavy (non-hydrogen) atoms. The zero-order chi connectivity index (χ0) is 15.5. The molecule has 6 heteroatoms. The van der Waals surface area contributed by atoms with E-state index in [1.54, 1.807) is 44.3 Å². The van der Waals surface area contributed by atoms with Crippen molar-refractivity contribution >= 4 is 15.7 Å². The Balaban J connectivity index is 2.26. The van der Waals surface area contributed by atoms with E-state index in [9.17, 15) is 12.8 Å². The number of hydrogen-bond acceptors (Lipinski definition) is 3. The first-order chi connectivity index (χ1) is 9.94. The fourth-order valence-corrected chi connectivity index (χ4v) is 3.47. The van der Waals surface area contributed by atoms with E-state index < -0.39 is 16.1 Å². The second kappa shape index (κ2) is 6.24. The maximum absolute atomic E-state index is 12.9. The summed E-state index contributed by atoms with van der Waals surface area (Å²) in [5.74, 6) is -0.352. The summed E-state index contributed by atoms with van der Waals surface area (Å²) in [6, 6.07) is 11.9. The number of para-hydroxylation sites is 1. The third-order valence-corrected chi connectivity index (χ3v) is 4.75. The number of hydrogen-bond donors (Lipinski definition) is 2. The Labute approximate surface area is 124 Å². The van der Waals surface area contributed by atoms with Gasteiger partial charge in [-0.1, -0.05) is 24.3 Å². The molecule has 1 unspecified atom stereocenters. The smallest absolute Gasteiger partial charge is 0.243 e. The molecule has 2 rings (SSSR count). The summed E-state index contributed by atoms with van der Waals surface area (Å²) in [7, 11) is -2.00. The SMILES string of the molecule is CNc1ccccc1S(=O)(=O)NC(C)c1ccc(F)cc1. The van der Waals surface area contributed by atoms with Crippen LogP contribution in [0.3, 0.4) is 0 Å². The lowest BCUT2D eigenvalue weighted by molar-refractivity contribution is 0.566. The van der Waals surface area contributed by atoms with Crippen molar-refractivity contribution in [2.45, 2.75) is 17.9 Å². The standard InChI is InChI=1S/C15H17FN2O2S/c1-11(12-7-9-13(16)10-8-12)18-21(19,20)15-6-4-3-5-14(15)17-2/h3-11,17-18H,1-2H3. The minimum absolute atomic E-state index is 0.182. The lowest BCUT2D eigenvalue weighted by atomic mass is 10.1. The van der Waals surface area contributed by atoms with E-state index in [1.165, 1.54) is 18.2 Å². The van der Waals surface area contributed by atoms with Crippen LogP contribution in [0.4, 0.5) is 10.1 Å². The van der Waals surface area contributed by atoms with E-state index in [1.807, 2.05) is 0 Å². The fourth-order valence-electron chi connectivity index (χ4n) is 2.02. The zero-order valence-electron chi connectivity index (χ0n) is 11.8. The molecule has 0 saturated heterocycles. The van der Waals surface area contributed by atoms with Gasteiger partial charge in [0, 0.05) is 13.1 Å². The third kappa shape index (κ3) is 3.59. The molecule has 0 amide bonds. The van der Waals surface area contributed by atoms with Crippen LogP contribution in [0.25, 0.3) is 0 Å². The summed E-state index contributed by atoms with van der Waals surface area (Å²) in [6.07, 6.45) is 0. The van der Waals surface area contributed by atoms with Crippen LogP contribution in [0.1, 0.15) is 18.5 Å². The summed E-state index contributed by atoms with van der Waals surface area (Å²) < 4.78 is 40.4. The van der Waals surface area contributed by atoms with Gasteiger partial charge in [-0.2, -0.15) is 0 Å². The van der Waals surface area contributed by atoms with Crippen molar-refractivity contribution in [1.82, 2.24) is 4.72 Å². The Kier molecular flexibility index (Phi) is 4.59. The summed E-state index contributed by atoms with van der Waals surface area (Å²) >= 11 is 0. The van der Waals surface area contributed by atoms with Crippen molar-refractivity contribution in [3.63, 3.8) is 0 Å². The summed E-state index contributed by atoms with van der Waals surface area (Å²) in [4.78, 5) is 0.182. The molecule has 112 valence electrons. The first kappa shape index (κ1) is 15.5. The number of sulfonamides is 1. The lowest BCUT2D eigenvalue weighted by Gasteiger charge is -2.16. The highest BCUT2D eigenvalue weighted by molar-refractivity contribution is 7.89. The Hall–Kier alpha value is -1.92. The zero-order valence-corrected chi connectivity index (χ0v) is 12.6. The van der Waals surface area contributed by atoms with E-state index >= 15 is 0 Å². The van der Waals surface area contributed by atoms with Gasteiger partial charge in [0.25, 0.3) is 0 Å². The predicted octanol–water partition coefficient (Wildman–Crippen LogP) is 2.91. The van der Waals surface area contributed by atoms with Gasteiger partial charge < -0.3 is 5.32 Å². The third-order valence-electron chi connectivity index (χ3n) is 3.15. The van der Waals surface area contributed by atoms with Gasteiger partial charge >= 0.3 is 0 Å². The molecular formula is C15H17FN2O2S. The number of anilines is 1. The van der Waals surface area contributed by atoms with Crippen molar-refractivity contribution in [1.29, 1.82) is 0 Å². The molecule has 0 spiro atoms. The Morgan fingerprint density at radius 3 is 2.29 bits per heavy atom. The molecule has 2 aromatic rings. The van der Waals surface area contributed by atoms with Gasteiger partial charge in [0.2, 0.25) is 10.0 Å². The Morgan fingerprint density at radius 2 is 1.67 bits per heavy atom. The molecule has 2 aromatic carbocycles. The summed E-state index contributed by atoms with van der Waals surface area (Å²) in [5, 5.41) is 2.85. The lowest BCUT2D eigenvalue weighted by Crippen LogP contribution is -2.27. The van der Waals surface area contributed by atoms with Crippen LogP contribution in [0, 0.1) is 5.82 Å². The van der Waals surface area contributed by atoms with Crippen LogP contribution in [0.5, 0.6) is 0 Å². The van der Waals surface area contributed by atoms with Crippen molar-refractivity contribution in [3.8, 4) is 0 Å². The molecule has 4 nitrogen and oxygen atoms in total. The first-order valence-electron chi connectivity index (χ1n) is 6.48. The van der Waals surface area contributed by atoms with Crippen LogP contribution >= 0.6 is 0 Å². The highest BCUT2D eigenvalue weighted by Crippen LogP contribution is 2.23. The average Bonchev–Trinajstić information content (AvgIpc) is 2.47. The second-order valence-corrected chi connectivity index (χ2v) is 6.32. The molecule has 0 fully saturated rings. The molecule has 0 bridgehead atoms. The van der Waals surface area contributed by atoms with E-state index in [-0.39, 0.29) is 10.7 Å². The highest BCUT2D eigenvalue weighted by Gasteiger charge is 2.20. The molecule has 2 N–H and O–H groups in total. The Bertz CT molecular complexity index is 715. The molecule has 0 aliphatic heterocycles. The van der Waals surface area contributed by atoms with Gasteiger partial charge in [-0.15, -0.1) is 0 Å². The second-order valence-electron chi connectivity index (χ2n) is 4.64. The van der Waals surface area contributed by atoms with Crippen molar-refractivity contribution in [2.24, 2.45) is 0 Å². The Morgan fingerprint density at radius 1 is 1.05 bits per heavy atom. The predicted molar refractivity (Wildman–Crippen MR) is 81.1 cm³/mol. The van der Waals surface area contributed by atoms with E-state index in [2.05, 4.69) is 10.0 Å². The van der Waals surface area contributed by atoms with Crippen LogP contribution < -0.4 is 10.0 Å². The molecule has 0 radical (unpaired) electrons. The summed E-state index contributed by atoms with van der Waals surface area (Å²) in [6.45, 7) is 1.72. The fraction of sp³-hybridized carbons (Fsp3) is 0.200. The molecule has 0 aromatic heterocycles. The maximum Gasteiger partial charge on any atom is 0.243 e. The number of nitrogens with one attached hydrogen (secondary N) is 2. The van der Waals surface area contributed by atoms with Crippen LogP contribution in [-0.4, -0.2) is 15.5 Å². The van der Waals surface area contributed by atoms with Gasteiger partial charge in [-0.05, 0) is 36.8 Å². The van der Waals surface area contributed by atoms with E-state index in [0.717, 1.165) is 0 Å². The van der Waals surface area contributed by atoms with Crippen molar-refractivity contribution < 1.29 is 12.8 Å². The van der Waals surface area contributed by atoms with Gasteiger partial charge in [-0.3, -0.25) is 0 Å². The van der Waals surface area contributed by atoms with Crippen LogP contribution in [-0.2, 0) is 10.0 Å². The molecule has 1 atom stereocenters. The number of halogens is 1. The van der Waals surface area contributed by atoms with Gasteiger partial charge in [0.15, 0.2) is 0 Å². The molecular weight excluding hydrogens is 291 g/mol. The van der Waals surface area contributed by atoms with Gasteiger partial charge in [0.05, 0.1) is 5.69 Å². The van der Waals surface area contributed by atoms with Gasteiger partial charge in [-0.25, -0.2) is 17.5 Å². The van der Waals surface area contributed by atoms with E-state index in [0.29, 0.717) is 11.3 Å². The molecule has 0 aliphatic rings. The van der Waals surface area contributed by atoms with Gasteiger partial charge in [0.1, 0.15) is 10.7 Å². The monoisotopic (exact) mass is 308 g/mol. The molecule has 0 aliphatic carbocycles. The normalized spacial score (nSPS) is 12.9. The molecule has 0 heterocycles. The number of rotatable bonds is 5. The molecule has 0 saturated carbocycles. The van der Waals surface area contributed by atoms with Crippen molar-refractivity contribution in [2.75, 3.05) is 12.4 Å². The largest absolute Gasteiger partial charge is 0.387 e. The minimum Gasteiger partial charge on any atom is -0.387 e. The maximum atomic E-state index is 12.9. The average molecular weight is 308 g/mol. The van der Waals surface area contributed by atoms with Crippen molar-refractivity contribution in [3.05, 3.63) is 59.9 Å². The quantitative estimate of drug-likeness (QED) is 0.893. The highest BCUT2D eigenvalue weighted by atomic mass is 32.2.